The Bertz CT molecular complexity index is 518. The summed E-state index contributed by atoms with van der Waals surface area (Å²) in [6.07, 6.45) is -0.867. The first kappa shape index (κ1) is 16.8. The summed E-state index contributed by atoms with van der Waals surface area (Å²) in [5.74, 6) is -1.77. The molecule has 0 aliphatic carbocycles. The normalized spacial score (nSPS) is 9.81. The Morgan fingerprint density at radius 2 is 1.86 bits per heavy atom. The van der Waals surface area contributed by atoms with Crippen molar-refractivity contribution in [3.8, 4) is 0 Å². The Morgan fingerprint density at radius 3 is 2.38 bits per heavy atom. The number of halogens is 1. The SMILES string of the molecule is CCOC(=O)NC(=O)CN(CC(=O)O)c1ccc(Cl)cc1. The van der Waals surface area contributed by atoms with E-state index < -0.39 is 24.5 Å². The van der Waals surface area contributed by atoms with E-state index in [1.54, 1.807) is 31.2 Å². The number of benzene rings is 1. The van der Waals surface area contributed by atoms with Gasteiger partial charge in [0.2, 0.25) is 5.91 Å². The molecule has 0 aliphatic heterocycles. The van der Waals surface area contributed by atoms with Crippen molar-refractivity contribution >= 4 is 35.3 Å². The third-order valence-electron chi connectivity index (χ3n) is 2.37. The van der Waals surface area contributed by atoms with Gasteiger partial charge in [-0.3, -0.25) is 14.9 Å². The minimum absolute atomic E-state index is 0.134. The van der Waals surface area contributed by atoms with Crippen LogP contribution in [0.4, 0.5) is 10.5 Å². The van der Waals surface area contributed by atoms with Gasteiger partial charge in [0.05, 0.1) is 13.2 Å². The van der Waals surface area contributed by atoms with E-state index in [2.05, 4.69) is 4.74 Å². The fourth-order valence-electron chi connectivity index (χ4n) is 1.55. The van der Waals surface area contributed by atoms with Gasteiger partial charge in [-0.25, -0.2) is 4.79 Å². The second kappa shape index (κ2) is 8.11. The lowest BCUT2D eigenvalue weighted by molar-refractivity contribution is -0.135. The van der Waals surface area contributed by atoms with E-state index in [1.807, 2.05) is 5.32 Å². The van der Waals surface area contributed by atoms with Crippen molar-refractivity contribution in [3.05, 3.63) is 29.3 Å². The lowest BCUT2D eigenvalue weighted by Crippen LogP contribution is -2.42. The molecule has 0 bridgehead atoms. The number of carbonyl (C=O) groups is 3. The Labute approximate surface area is 126 Å². The predicted octanol–water partition coefficient (Wildman–Crippen LogP) is 1.50. The molecule has 0 saturated carbocycles. The number of alkyl carbamates (subject to hydrolysis) is 1. The molecule has 0 aliphatic rings. The van der Waals surface area contributed by atoms with Gasteiger partial charge in [-0.05, 0) is 31.2 Å². The van der Waals surface area contributed by atoms with E-state index >= 15 is 0 Å². The summed E-state index contributed by atoms with van der Waals surface area (Å²) in [6.45, 7) is 1.05. The predicted molar refractivity (Wildman–Crippen MR) is 76.5 cm³/mol. The number of carboxylic acids is 1. The van der Waals surface area contributed by atoms with Gasteiger partial charge in [-0.15, -0.1) is 0 Å². The summed E-state index contributed by atoms with van der Waals surface area (Å²) >= 11 is 5.76. The number of nitrogens with one attached hydrogen (secondary N) is 1. The first-order valence-corrected chi connectivity index (χ1v) is 6.49. The molecular weight excluding hydrogens is 300 g/mol. The highest BCUT2D eigenvalue weighted by Crippen LogP contribution is 2.17. The quantitative estimate of drug-likeness (QED) is 0.826. The molecule has 2 amide bonds. The minimum atomic E-state index is -1.10. The molecule has 0 saturated heterocycles. The first-order chi connectivity index (χ1) is 9.92. The number of anilines is 1. The lowest BCUT2D eigenvalue weighted by Gasteiger charge is -2.22. The molecule has 114 valence electrons. The van der Waals surface area contributed by atoms with Gasteiger partial charge in [0.15, 0.2) is 0 Å². The average molecular weight is 315 g/mol. The van der Waals surface area contributed by atoms with Crippen molar-refractivity contribution in [3.63, 3.8) is 0 Å². The summed E-state index contributed by atoms with van der Waals surface area (Å²) < 4.78 is 4.57. The number of amides is 2. The molecule has 0 unspecified atom stereocenters. The van der Waals surface area contributed by atoms with Gasteiger partial charge >= 0.3 is 12.1 Å². The molecule has 7 nitrogen and oxygen atoms in total. The van der Waals surface area contributed by atoms with Crippen LogP contribution in [0.2, 0.25) is 5.02 Å². The van der Waals surface area contributed by atoms with Crippen LogP contribution in [0.1, 0.15) is 6.92 Å². The monoisotopic (exact) mass is 314 g/mol. The van der Waals surface area contributed by atoms with Crippen molar-refractivity contribution in [1.82, 2.24) is 5.32 Å². The summed E-state index contributed by atoms with van der Waals surface area (Å²) in [6, 6.07) is 6.33. The molecule has 0 atom stereocenters. The number of aliphatic carboxylic acids is 1. The van der Waals surface area contributed by atoms with Crippen molar-refractivity contribution in [2.24, 2.45) is 0 Å². The van der Waals surface area contributed by atoms with Gasteiger partial charge in [0.25, 0.3) is 0 Å². The highest BCUT2D eigenvalue weighted by molar-refractivity contribution is 6.30. The summed E-state index contributed by atoms with van der Waals surface area (Å²) in [5, 5.41) is 11.4. The molecule has 1 rings (SSSR count). The number of hydrogen-bond acceptors (Lipinski definition) is 5. The number of ether oxygens (including phenoxy) is 1. The molecule has 0 aromatic heterocycles. The van der Waals surface area contributed by atoms with Crippen LogP contribution < -0.4 is 10.2 Å². The van der Waals surface area contributed by atoms with E-state index in [9.17, 15) is 14.4 Å². The average Bonchev–Trinajstić information content (AvgIpc) is 2.38. The zero-order valence-electron chi connectivity index (χ0n) is 11.3. The zero-order valence-corrected chi connectivity index (χ0v) is 12.1. The third kappa shape index (κ3) is 6.13. The second-order valence-electron chi connectivity index (χ2n) is 3.99. The standard InChI is InChI=1S/C13H15ClN2O5/c1-2-21-13(20)15-11(17)7-16(8-12(18)19)10-5-3-9(14)4-6-10/h3-6H,2,7-8H2,1H3,(H,18,19)(H,15,17,20). The first-order valence-electron chi connectivity index (χ1n) is 6.11. The summed E-state index contributed by atoms with van der Waals surface area (Å²) in [4.78, 5) is 35.0. The van der Waals surface area contributed by atoms with Crippen molar-refractivity contribution in [1.29, 1.82) is 0 Å². The number of nitrogens with zero attached hydrogens (tertiary/aromatic N) is 1. The van der Waals surface area contributed by atoms with Crippen LogP contribution in [0.5, 0.6) is 0 Å². The van der Waals surface area contributed by atoms with Crippen molar-refractivity contribution < 1.29 is 24.2 Å². The van der Waals surface area contributed by atoms with Crippen LogP contribution in [0.25, 0.3) is 0 Å². The highest BCUT2D eigenvalue weighted by atomic mass is 35.5. The molecular formula is C13H15ClN2O5. The summed E-state index contributed by atoms with van der Waals surface area (Å²) in [7, 11) is 0. The number of imide groups is 1. The number of carbonyl (C=O) groups excluding carboxylic acids is 2. The van der Waals surface area contributed by atoms with Crippen LogP contribution in [0.3, 0.4) is 0 Å². The van der Waals surface area contributed by atoms with E-state index in [4.69, 9.17) is 16.7 Å². The highest BCUT2D eigenvalue weighted by Gasteiger charge is 2.16. The Balaban J connectivity index is 2.74. The van der Waals surface area contributed by atoms with E-state index in [0.717, 1.165) is 0 Å². The van der Waals surface area contributed by atoms with Crippen LogP contribution in [-0.2, 0) is 14.3 Å². The zero-order chi connectivity index (χ0) is 15.8. The summed E-state index contributed by atoms with van der Waals surface area (Å²) in [5.41, 5.74) is 0.501. The van der Waals surface area contributed by atoms with Gasteiger partial charge in [0, 0.05) is 10.7 Å². The van der Waals surface area contributed by atoms with E-state index in [1.165, 1.54) is 4.90 Å². The molecule has 0 radical (unpaired) electrons. The lowest BCUT2D eigenvalue weighted by atomic mass is 10.3. The Hall–Kier alpha value is -2.28. The number of rotatable bonds is 6. The molecule has 2 N–H and O–H groups in total. The largest absolute Gasteiger partial charge is 0.480 e. The Morgan fingerprint density at radius 1 is 1.24 bits per heavy atom. The van der Waals surface area contributed by atoms with Crippen molar-refractivity contribution in [2.45, 2.75) is 6.92 Å². The smallest absolute Gasteiger partial charge is 0.413 e. The van der Waals surface area contributed by atoms with Crippen LogP contribution in [0, 0.1) is 0 Å². The van der Waals surface area contributed by atoms with Gasteiger partial charge < -0.3 is 14.7 Å². The maximum Gasteiger partial charge on any atom is 0.413 e. The van der Waals surface area contributed by atoms with Crippen LogP contribution in [-0.4, -0.2) is 42.8 Å². The van der Waals surface area contributed by atoms with E-state index in [0.29, 0.717) is 10.7 Å². The maximum absolute atomic E-state index is 11.7. The van der Waals surface area contributed by atoms with Gasteiger partial charge in [0.1, 0.15) is 6.54 Å². The number of carboxylic acid groups (broad SMARTS) is 1. The molecule has 8 heteroatoms. The molecule has 21 heavy (non-hydrogen) atoms. The van der Waals surface area contributed by atoms with Crippen LogP contribution in [0.15, 0.2) is 24.3 Å². The van der Waals surface area contributed by atoms with Gasteiger partial charge in [-0.1, -0.05) is 11.6 Å². The molecule has 1 aromatic rings. The fraction of sp³-hybridized carbons (Fsp3) is 0.308. The molecule has 1 aromatic carbocycles. The topological polar surface area (TPSA) is 95.9 Å². The fourth-order valence-corrected chi connectivity index (χ4v) is 1.67. The van der Waals surface area contributed by atoms with E-state index in [-0.39, 0.29) is 13.2 Å². The number of hydrogen-bond donors (Lipinski definition) is 2. The van der Waals surface area contributed by atoms with Crippen molar-refractivity contribution in [2.75, 3.05) is 24.6 Å². The minimum Gasteiger partial charge on any atom is -0.480 e. The molecule has 0 fully saturated rings. The second-order valence-corrected chi connectivity index (χ2v) is 4.43. The molecule has 0 spiro atoms. The third-order valence-corrected chi connectivity index (χ3v) is 2.62. The molecule has 0 heterocycles. The Kier molecular flexibility index (Phi) is 6.48. The maximum atomic E-state index is 11.7. The van der Waals surface area contributed by atoms with Crippen LogP contribution >= 0.6 is 11.6 Å². The van der Waals surface area contributed by atoms with Gasteiger partial charge in [-0.2, -0.15) is 0 Å².